The number of carbonyl (C=O) groups excluding carboxylic acids is 1. The van der Waals surface area contributed by atoms with Gasteiger partial charge in [0.25, 0.3) is 5.56 Å². The highest BCUT2D eigenvalue weighted by molar-refractivity contribution is 7.20. The number of nitrogens with zero attached hydrogens (tertiary/aromatic N) is 5. The first kappa shape index (κ1) is 16.9. The maximum Gasteiger partial charge on any atom is 0.274 e. The third-order valence-electron chi connectivity index (χ3n) is 4.01. The molecule has 3 rings (SSSR count). The van der Waals surface area contributed by atoms with Crippen LogP contribution >= 0.6 is 11.3 Å². The molecule has 8 heteroatoms. The minimum absolute atomic E-state index is 0.0110. The van der Waals surface area contributed by atoms with Crippen LogP contribution in [-0.4, -0.2) is 51.6 Å². The number of hydrogen-bond acceptors (Lipinski definition) is 6. The summed E-state index contributed by atoms with van der Waals surface area (Å²) in [7, 11) is 0. The van der Waals surface area contributed by atoms with Crippen LogP contribution in [0.15, 0.2) is 10.9 Å². The van der Waals surface area contributed by atoms with Crippen molar-refractivity contribution in [2.45, 2.75) is 34.1 Å². The molecule has 1 saturated heterocycles. The fourth-order valence-corrected chi connectivity index (χ4v) is 3.78. The van der Waals surface area contributed by atoms with Crippen LogP contribution in [-0.2, 0) is 4.79 Å². The lowest BCUT2D eigenvalue weighted by Gasteiger charge is -2.35. The van der Waals surface area contributed by atoms with E-state index in [1.54, 1.807) is 4.52 Å². The third-order valence-corrected chi connectivity index (χ3v) is 4.98. The van der Waals surface area contributed by atoms with Crippen LogP contribution in [0.3, 0.4) is 0 Å². The smallest absolute Gasteiger partial charge is 0.274 e. The minimum atomic E-state index is -0.236. The lowest BCUT2D eigenvalue weighted by Crippen LogP contribution is -2.49. The summed E-state index contributed by atoms with van der Waals surface area (Å²) in [5.41, 5.74) is 0.559. The summed E-state index contributed by atoms with van der Waals surface area (Å²) in [5, 5.41) is 5.41. The van der Waals surface area contributed by atoms with Gasteiger partial charge in [0, 0.05) is 44.4 Å². The lowest BCUT2D eigenvalue weighted by molar-refractivity contribution is -0.133. The van der Waals surface area contributed by atoms with Gasteiger partial charge in [0.15, 0.2) is 0 Å². The Hall–Kier alpha value is -1.96. The number of piperazine rings is 1. The molecule has 0 aliphatic carbocycles. The Balaban J connectivity index is 1.70. The number of fused-ring (bicyclic) bond motifs is 1. The number of rotatable bonds is 2. The van der Waals surface area contributed by atoms with Gasteiger partial charge in [-0.05, 0) is 12.3 Å². The van der Waals surface area contributed by atoms with Crippen LogP contribution in [0.1, 0.15) is 32.9 Å². The summed E-state index contributed by atoms with van der Waals surface area (Å²) in [6.07, 6.45) is 0.569. The molecular formula is C16H23N5O2S. The van der Waals surface area contributed by atoms with E-state index in [0.717, 1.165) is 23.9 Å². The molecule has 1 fully saturated rings. The third kappa shape index (κ3) is 3.58. The molecule has 1 amide bonds. The second-order valence-corrected chi connectivity index (χ2v) is 8.35. The van der Waals surface area contributed by atoms with Crippen molar-refractivity contribution >= 4 is 27.3 Å². The van der Waals surface area contributed by atoms with E-state index in [4.69, 9.17) is 0 Å². The second-order valence-electron chi connectivity index (χ2n) is 7.42. The van der Waals surface area contributed by atoms with Crippen LogP contribution in [0.2, 0.25) is 0 Å². The normalized spacial score (nSPS) is 16.0. The number of hydrogen-bond donors (Lipinski definition) is 0. The Bertz CT molecular complexity index is 812. The largest absolute Gasteiger partial charge is 0.343 e. The highest BCUT2D eigenvalue weighted by atomic mass is 32.1. The zero-order chi connectivity index (χ0) is 17.5. The predicted molar refractivity (Wildman–Crippen MR) is 94.7 cm³/mol. The zero-order valence-electron chi connectivity index (χ0n) is 14.6. The molecule has 2 aromatic heterocycles. The highest BCUT2D eigenvalue weighted by Crippen LogP contribution is 2.25. The zero-order valence-corrected chi connectivity index (χ0v) is 15.4. The number of carbonyl (C=O) groups is 1. The van der Waals surface area contributed by atoms with E-state index in [9.17, 15) is 9.59 Å². The molecule has 0 N–H and O–H groups in total. The molecule has 0 radical (unpaired) electrons. The Morgan fingerprint density at radius 2 is 1.92 bits per heavy atom. The molecule has 1 aliphatic heterocycles. The van der Waals surface area contributed by atoms with Crippen molar-refractivity contribution in [2.75, 3.05) is 31.1 Å². The molecule has 1 aliphatic rings. The van der Waals surface area contributed by atoms with Gasteiger partial charge in [-0.3, -0.25) is 9.59 Å². The van der Waals surface area contributed by atoms with Gasteiger partial charge in [0.05, 0.1) is 0 Å². The Labute approximate surface area is 144 Å². The standard InChI is InChI=1S/C16H23N5O2S/c1-11-9-12(22)17-14-21(11)18-15(24-14)20-7-5-19(6-8-20)13(23)10-16(2,3)4/h9H,5-8,10H2,1-4H3. The Morgan fingerprint density at radius 3 is 2.54 bits per heavy atom. The first-order valence-corrected chi connectivity index (χ1v) is 8.95. The van der Waals surface area contributed by atoms with E-state index in [1.165, 1.54) is 17.4 Å². The van der Waals surface area contributed by atoms with Gasteiger partial charge >= 0.3 is 0 Å². The van der Waals surface area contributed by atoms with Crippen molar-refractivity contribution in [3.8, 4) is 0 Å². The monoisotopic (exact) mass is 349 g/mol. The summed E-state index contributed by atoms with van der Waals surface area (Å²) in [6.45, 7) is 11.0. The second kappa shape index (κ2) is 6.16. The topological polar surface area (TPSA) is 70.8 Å². The van der Waals surface area contributed by atoms with Crippen LogP contribution in [0, 0.1) is 12.3 Å². The Morgan fingerprint density at radius 1 is 1.25 bits per heavy atom. The summed E-state index contributed by atoms with van der Waals surface area (Å²) in [5.74, 6) is 0.217. The maximum absolute atomic E-state index is 12.3. The molecular weight excluding hydrogens is 326 g/mol. The van der Waals surface area contributed by atoms with Crippen molar-refractivity contribution < 1.29 is 4.79 Å². The van der Waals surface area contributed by atoms with Gasteiger partial charge in [0.2, 0.25) is 16.0 Å². The van der Waals surface area contributed by atoms with E-state index in [2.05, 4.69) is 35.8 Å². The number of amides is 1. The van der Waals surface area contributed by atoms with Gasteiger partial charge in [-0.1, -0.05) is 32.1 Å². The van der Waals surface area contributed by atoms with E-state index >= 15 is 0 Å². The first-order chi connectivity index (χ1) is 11.2. The molecule has 130 valence electrons. The Kier molecular flexibility index (Phi) is 4.33. The van der Waals surface area contributed by atoms with Gasteiger partial charge < -0.3 is 9.80 Å². The van der Waals surface area contributed by atoms with Crippen LogP contribution in [0.25, 0.3) is 4.96 Å². The first-order valence-electron chi connectivity index (χ1n) is 8.13. The van der Waals surface area contributed by atoms with Crippen LogP contribution < -0.4 is 10.5 Å². The van der Waals surface area contributed by atoms with Crippen molar-refractivity contribution in [2.24, 2.45) is 5.41 Å². The van der Waals surface area contributed by atoms with E-state index in [0.29, 0.717) is 24.5 Å². The van der Waals surface area contributed by atoms with Gasteiger partial charge in [0.1, 0.15) is 0 Å². The number of anilines is 1. The van der Waals surface area contributed by atoms with Crippen LogP contribution in [0.4, 0.5) is 5.13 Å². The van der Waals surface area contributed by atoms with E-state index in [1.807, 2.05) is 11.8 Å². The molecule has 0 atom stereocenters. The minimum Gasteiger partial charge on any atom is -0.343 e. The van der Waals surface area contributed by atoms with Crippen LogP contribution in [0.5, 0.6) is 0 Å². The average Bonchev–Trinajstić information content (AvgIpc) is 2.90. The fraction of sp³-hybridized carbons (Fsp3) is 0.625. The van der Waals surface area contributed by atoms with Gasteiger partial charge in [-0.25, -0.2) is 4.52 Å². The summed E-state index contributed by atoms with van der Waals surface area (Å²) in [6, 6.07) is 1.49. The van der Waals surface area contributed by atoms with E-state index < -0.39 is 0 Å². The maximum atomic E-state index is 12.3. The SMILES string of the molecule is Cc1cc(=O)nc2sc(N3CCN(C(=O)CC(C)(C)C)CC3)nn12. The number of aryl methyl sites for hydroxylation is 1. The predicted octanol–water partition coefficient (Wildman–Crippen LogP) is 1.54. The average molecular weight is 349 g/mol. The van der Waals surface area contributed by atoms with E-state index in [-0.39, 0.29) is 16.9 Å². The molecule has 0 unspecified atom stereocenters. The van der Waals surface area contributed by atoms with Crippen molar-refractivity contribution in [1.82, 2.24) is 19.5 Å². The number of aromatic nitrogens is 3. The molecule has 7 nitrogen and oxygen atoms in total. The quantitative estimate of drug-likeness (QED) is 0.822. The molecule has 0 aromatic carbocycles. The lowest BCUT2D eigenvalue weighted by atomic mass is 9.91. The van der Waals surface area contributed by atoms with Crippen molar-refractivity contribution in [3.05, 3.63) is 22.1 Å². The van der Waals surface area contributed by atoms with Gasteiger partial charge in [-0.2, -0.15) is 4.98 Å². The summed E-state index contributed by atoms with van der Waals surface area (Å²) < 4.78 is 1.71. The highest BCUT2D eigenvalue weighted by Gasteiger charge is 2.26. The molecule has 2 aromatic rings. The van der Waals surface area contributed by atoms with Crippen molar-refractivity contribution in [1.29, 1.82) is 0 Å². The molecule has 0 bridgehead atoms. The molecule has 0 saturated carbocycles. The fourth-order valence-electron chi connectivity index (χ4n) is 2.78. The summed E-state index contributed by atoms with van der Waals surface area (Å²) >= 11 is 1.41. The molecule has 24 heavy (non-hydrogen) atoms. The summed E-state index contributed by atoms with van der Waals surface area (Å²) in [4.78, 5) is 32.6. The van der Waals surface area contributed by atoms with Crippen molar-refractivity contribution in [3.63, 3.8) is 0 Å². The molecule has 3 heterocycles. The molecule has 0 spiro atoms. The van der Waals surface area contributed by atoms with Gasteiger partial charge in [-0.15, -0.1) is 5.10 Å².